The number of esters is 1. The number of hydrogen-bond acceptors (Lipinski definition) is 7. The molecule has 1 aromatic heterocycles. The van der Waals surface area contributed by atoms with E-state index in [4.69, 9.17) is 32.7 Å². The number of benzene rings is 2. The van der Waals surface area contributed by atoms with Crippen LogP contribution in [0.5, 0.6) is 0 Å². The second-order valence-electron chi connectivity index (χ2n) is 10.9. The number of amides is 3. The van der Waals surface area contributed by atoms with Gasteiger partial charge in [-0.2, -0.15) is 0 Å². The molecule has 10 nitrogen and oxygen atoms in total. The van der Waals surface area contributed by atoms with Crippen LogP contribution in [0.4, 0.5) is 10.5 Å². The molecular weight excluding hydrogens is 607 g/mol. The largest absolute Gasteiger partial charge is 0.467 e. The van der Waals surface area contributed by atoms with Gasteiger partial charge < -0.3 is 20.1 Å². The number of aromatic nitrogens is 1. The summed E-state index contributed by atoms with van der Waals surface area (Å²) >= 11 is 12.2. The highest BCUT2D eigenvalue weighted by Gasteiger charge is 2.49. The molecule has 2 aromatic carbocycles. The van der Waals surface area contributed by atoms with E-state index >= 15 is 0 Å². The van der Waals surface area contributed by atoms with Gasteiger partial charge in [0.1, 0.15) is 18.7 Å². The van der Waals surface area contributed by atoms with Crippen molar-refractivity contribution < 1.29 is 28.7 Å². The number of fused-ring (bicyclic) bond motifs is 3. The number of ether oxygens (including phenoxy) is 2. The second-order valence-corrected chi connectivity index (χ2v) is 11.7. The van der Waals surface area contributed by atoms with E-state index in [0.717, 1.165) is 31.2 Å². The maximum Gasteiger partial charge on any atom is 0.411 e. The molecule has 2 aliphatic heterocycles. The van der Waals surface area contributed by atoms with E-state index in [2.05, 4.69) is 15.6 Å². The molecule has 2 N–H and O–H groups in total. The zero-order valence-electron chi connectivity index (χ0n) is 24.0. The molecular formula is C32H32Cl2N4O6. The van der Waals surface area contributed by atoms with Crippen LogP contribution in [0, 0.1) is 5.92 Å². The molecule has 3 heterocycles. The lowest BCUT2D eigenvalue weighted by Crippen LogP contribution is -2.64. The van der Waals surface area contributed by atoms with Crippen molar-refractivity contribution in [1.29, 1.82) is 0 Å². The number of rotatable bonds is 9. The van der Waals surface area contributed by atoms with Crippen molar-refractivity contribution in [3.8, 4) is 0 Å². The van der Waals surface area contributed by atoms with Crippen LogP contribution in [0.15, 0.2) is 67.0 Å². The SMILES string of the molecule is COC(=O)[C@H](Cc1ccc(NC(=O)c2c(Cl)cncc2Cl)cc1)NC(=O)C1C2CCC(CC2)N1C(=O)OCc1ccccc1. The van der Waals surface area contributed by atoms with E-state index in [1.165, 1.54) is 19.5 Å². The first kappa shape index (κ1) is 31.3. The minimum atomic E-state index is -0.995. The summed E-state index contributed by atoms with van der Waals surface area (Å²) in [5, 5.41) is 5.82. The van der Waals surface area contributed by atoms with Crippen molar-refractivity contribution in [2.45, 2.75) is 56.8 Å². The van der Waals surface area contributed by atoms with Crippen molar-refractivity contribution >= 4 is 52.8 Å². The molecule has 3 fully saturated rings. The summed E-state index contributed by atoms with van der Waals surface area (Å²) in [4.78, 5) is 57.9. The summed E-state index contributed by atoms with van der Waals surface area (Å²) in [6.45, 7) is 0.103. The van der Waals surface area contributed by atoms with Gasteiger partial charge in [0.15, 0.2) is 0 Å². The summed E-state index contributed by atoms with van der Waals surface area (Å²) in [5.74, 6) is -1.56. The molecule has 3 amide bonds. The van der Waals surface area contributed by atoms with Crippen LogP contribution in [0.2, 0.25) is 10.0 Å². The number of anilines is 1. The van der Waals surface area contributed by atoms with Gasteiger partial charge in [-0.1, -0.05) is 65.7 Å². The van der Waals surface area contributed by atoms with Gasteiger partial charge in [0, 0.05) is 30.5 Å². The zero-order chi connectivity index (χ0) is 31.2. The lowest BCUT2D eigenvalue weighted by Gasteiger charge is -2.49. The molecule has 0 radical (unpaired) electrons. The van der Waals surface area contributed by atoms with Gasteiger partial charge >= 0.3 is 12.1 Å². The van der Waals surface area contributed by atoms with Gasteiger partial charge in [-0.05, 0) is 54.9 Å². The normalized spacial score (nSPS) is 19.5. The predicted molar refractivity (Wildman–Crippen MR) is 164 cm³/mol. The number of pyridine rings is 1. The molecule has 6 rings (SSSR count). The summed E-state index contributed by atoms with van der Waals surface area (Å²) in [7, 11) is 1.26. The molecule has 230 valence electrons. The van der Waals surface area contributed by atoms with Gasteiger partial charge in [0.05, 0.1) is 22.7 Å². The molecule has 3 aliphatic rings. The topological polar surface area (TPSA) is 127 Å². The Kier molecular flexibility index (Phi) is 10.0. The van der Waals surface area contributed by atoms with Crippen LogP contribution in [-0.2, 0) is 32.1 Å². The number of methoxy groups -OCH3 is 1. The van der Waals surface area contributed by atoms with Gasteiger partial charge in [-0.25, -0.2) is 9.59 Å². The Morgan fingerprint density at radius 1 is 0.932 bits per heavy atom. The van der Waals surface area contributed by atoms with E-state index in [0.29, 0.717) is 11.3 Å². The van der Waals surface area contributed by atoms with E-state index in [1.54, 1.807) is 29.2 Å². The van der Waals surface area contributed by atoms with Gasteiger partial charge in [0.2, 0.25) is 5.91 Å². The molecule has 1 unspecified atom stereocenters. The quantitative estimate of drug-likeness (QED) is 0.300. The smallest absolute Gasteiger partial charge is 0.411 e. The Balaban J connectivity index is 1.25. The first-order chi connectivity index (χ1) is 21.2. The highest BCUT2D eigenvalue weighted by molar-refractivity contribution is 6.40. The second kappa shape index (κ2) is 14.1. The Morgan fingerprint density at radius 3 is 2.23 bits per heavy atom. The first-order valence-electron chi connectivity index (χ1n) is 14.3. The lowest BCUT2D eigenvalue weighted by molar-refractivity contribution is -0.147. The Hall–Kier alpha value is -4.15. The maximum atomic E-state index is 13.7. The van der Waals surface area contributed by atoms with Crippen molar-refractivity contribution in [3.63, 3.8) is 0 Å². The fourth-order valence-electron chi connectivity index (χ4n) is 5.92. The number of halogens is 2. The van der Waals surface area contributed by atoms with Gasteiger partial charge in [0.25, 0.3) is 5.91 Å². The Bertz CT molecular complexity index is 1490. The van der Waals surface area contributed by atoms with Crippen LogP contribution in [-0.4, -0.2) is 59.0 Å². The highest BCUT2D eigenvalue weighted by Crippen LogP contribution is 2.40. The number of carbonyl (C=O) groups is 4. The van der Waals surface area contributed by atoms with Crippen LogP contribution in [0.25, 0.3) is 0 Å². The highest BCUT2D eigenvalue weighted by atomic mass is 35.5. The molecule has 1 aliphatic carbocycles. The lowest BCUT2D eigenvalue weighted by atomic mass is 9.74. The van der Waals surface area contributed by atoms with Gasteiger partial charge in [-0.15, -0.1) is 0 Å². The van der Waals surface area contributed by atoms with Crippen molar-refractivity contribution in [2.75, 3.05) is 12.4 Å². The third-order valence-corrected chi connectivity index (χ3v) is 8.67. The molecule has 12 heteroatoms. The molecule has 2 saturated heterocycles. The standard InChI is InChI=1S/C32H32Cl2N4O6/c1-43-31(41)26(15-19-7-11-22(12-8-19)36-29(39)27-24(33)16-35-17-25(27)34)37-30(40)28-21-9-13-23(14-10-21)38(28)32(42)44-18-20-5-3-2-4-6-20/h2-8,11-12,16-17,21,23,26,28H,9-10,13-15,18H2,1H3,(H,36,39)(H,37,40)/t21?,23?,26-,28?/m0/s1. The number of hydrogen-bond donors (Lipinski definition) is 2. The van der Waals surface area contributed by atoms with Crippen LogP contribution >= 0.6 is 23.2 Å². The summed E-state index contributed by atoms with van der Waals surface area (Å²) < 4.78 is 10.6. The van der Waals surface area contributed by atoms with Crippen molar-refractivity contribution in [2.24, 2.45) is 5.92 Å². The average Bonchev–Trinajstić information content (AvgIpc) is 3.04. The molecule has 3 aromatic rings. The maximum absolute atomic E-state index is 13.7. The van der Waals surface area contributed by atoms with Crippen LogP contribution < -0.4 is 10.6 Å². The van der Waals surface area contributed by atoms with Crippen molar-refractivity contribution in [1.82, 2.24) is 15.2 Å². The van der Waals surface area contributed by atoms with Crippen LogP contribution in [0.1, 0.15) is 47.2 Å². The Morgan fingerprint density at radius 2 is 1.59 bits per heavy atom. The minimum Gasteiger partial charge on any atom is -0.467 e. The molecule has 0 spiro atoms. The van der Waals surface area contributed by atoms with Crippen molar-refractivity contribution in [3.05, 3.63) is 93.7 Å². The fraction of sp³-hybridized carbons (Fsp3) is 0.344. The van der Waals surface area contributed by atoms with Gasteiger partial charge in [-0.3, -0.25) is 19.5 Å². The number of nitrogens with zero attached hydrogens (tertiary/aromatic N) is 2. The zero-order valence-corrected chi connectivity index (χ0v) is 25.5. The van der Waals surface area contributed by atoms with E-state index in [-0.39, 0.29) is 40.6 Å². The monoisotopic (exact) mass is 638 g/mol. The number of nitrogens with one attached hydrogen (secondary N) is 2. The summed E-state index contributed by atoms with van der Waals surface area (Å²) in [6.07, 6.45) is 5.50. The van der Waals surface area contributed by atoms with E-state index in [1.807, 2.05) is 30.3 Å². The minimum absolute atomic E-state index is 0.0344. The number of piperidine rings is 2. The summed E-state index contributed by atoms with van der Waals surface area (Å²) in [6, 6.07) is 14.3. The number of carbonyl (C=O) groups excluding carboxylic acids is 4. The third kappa shape index (κ3) is 7.14. The van der Waals surface area contributed by atoms with E-state index in [9.17, 15) is 19.2 Å². The molecule has 2 bridgehead atoms. The summed E-state index contributed by atoms with van der Waals surface area (Å²) in [5.41, 5.74) is 2.15. The molecule has 2 atom stereocenters. The van der Waals surface area contributed by atoms with Crippen LogP contribution in [0.3, 0.4) is 0 Å². The Labute approximate surface area is 265 Å². The average molecular weight is 640 g/mol. The third-order valence-electron chi connectivity index (χ3n) is 8.10. The van der Waals surface area contributed by atoms with E-state index < -0.39 is 36.0 Å². The molecule has 1 saturated carbocycles. The molecule has 44 heavy (non-hydrogen) atoms. The first-order valence-corrected chi connectivity index (χ1v) is 15.1. The predicted octanol–water partition coefficient (Wildman–Crippen LogP) is 5.42. The fourth-order valence-corrected chi connectivity index (χ4v) is 6.46.